The molecule has 3 amide bonds. The number of rotatable bonds is 10. The van der Waals surface area contributed by atoms with E-state index in [1.54, 1.807) is 44.2 Å². The Morgan fingerprint density at radius 1 is 1.09 bits per heavy atom. The van der Waals surface area contributed by atoms with Gasteiger partial charge < -0.3 is 20.1 Å². The van der Waals surface area contributed by atoms with E-state index >= 15 is 0 Å². The zero-order valence-corrected chi connectivity index (χ0v) is 19.4. The number of para-hydroxylation sites is 1. The van der Waals surface area contributed by atoms with Gasteiger partial charge in [0.15, 0.2) is 18.1 Å². The number of carbonyl (C=O) groups is 3. The van der Waals surface area contributed by atoms with Gasteiger partial charge in [-0.2, -0.15) is 5.10 Å². The van der Waals surface area contributed by atoms with E-state index in [2.05, 4.69) is 21.2 Å². The lowest BCUT2D eigenvalue weighted by Crippen LogP contribution is -2.41. The van der Waals surface area contributed by atoms with Crippen LogP contribution in [0.15, 0.2) is 47.6 Å². The van der Waals surface area contributed by atoms with Crippen LogP contribution < -0.4 is 25.5 Å². The first-order chi connectivity index (χ1) is 15.8. The molecule has 2 aromatic rings. The van der Waals surface area contributed by atoms with Gasteiger partial charge in [-0.05, 0) is 50.1 Å². The topological polar surface area (TPSA) is 118 Å². The molecule has 0 aliphatic heterocycles. The molecule has 9 nitrogen and oxygen atoms in total. The average molecular weight is 475 g/mol. The molecular formula is C23H27ClN4O5. The summed E-state index contributed by atoms with van der Waals surface area (Å²) < 4.78 is 11.2. The van der Waals surface area contributed by atoms with Crippen molar-refractivity contribution in [3.05, 3.63) is 53.1 Å². The van der Waals surface area contributed by atoms with Gasteiger partial charge >= 0.3 is 11.8 Å². The van der Waals surface area contributed by atoms with Crippen molar-refractivity contribution in [3.8, 4) is 11.5 Å². The molecule has 0 unspecified atom stereocenters. The van der Waals surface area contributed by atoms with Crippen LogP contribution >= 0.6 is 11.6 Å². The van der Waals surface area contributed by atoms with Gasteiger partial charge in [0, 0.05) is 11.7 Å². The molecule has 0 aliphatic rings. The summed E-state index contributed by atoms with van der Waals surface area (Å²) in [5, 5.41) is 9.23. The molecule has 0 bridgehead atoms. The van der Waals surface area contributed by atoms with Crippen molar-refractivity contribution in [2.24, 2.45) is 5.10 Å². The number of nitrogens with zero attached hydrogens (tertiary/aromatic N) is 1. The van der Waals surface area contributed by atoms with Crippen LogP contribution in [-0.4, -0.2) is 43.2 Å². The number of hydrogen-bond acceptors (Lipinski definition) is 6. The van der Waals surface area contributed by atoms with E-state index in [0.717, 1.165) is 0 Å². The third-order valence-electron chi connectivity index (χ3n) is 4.31. The lowest BCUT2D eigenvalue weighted by molar-refractivity contribution is -0.139. The van der Waals surface area contributed by atoms with Crippen LogP contribution in [0, 0.1) is 0 Å². The lowest BCUT2D eigenvalue weighted by Gasteiger charge is -2.14. The van der Waals surface area contributed by atoms with Crippen LogP contribution in [-0.2, 0) is 14.4 Å². The Bertz CT molecular complexity index is 998. The molecule has 0 fully saturated rings. The SMILES string of the molecule is CCOc1cc(/C=N\NC(=O)C(=O)N[C@H](C)CC)cc(Cl)c1OCC(=O)Nc1ccccc1. The van der Waals surface area contributed by atoms with Crippen LogP contribution in [0.4, 0.5) is 5.69 Å². The van der Waals surface area contributed by atoms with E-state index in [4.69, 9.17) is 21.1 Å². The minimum atomic E-state index is -0.882. The van der Waals surface area contributed by atoms with Gasteiger partial charge in [-0.15, -0.1) is 0 Å². The fraction of sp³-hybridized carbons (Fsp3) is 0.304. The molecule has 0 saturated heterocycles. The van der Waals surface area contributed by atoms with Crippen molar-refractivity contribution in [1.29, 1.82) is 0 Å². The number of hydrazone groups is 1. The molecule has 0 aromatic heterocycles. The van der Waals surface area contributed by atoms with Crippen molar-refractivity contribution in [3.63, 3.8) is 0 Å². The summed E-state index contributed by atoms with van der Waals surface area (Å²) in [5.41, 5.74) is 3.30. The summed E-state index contributed by atoms with van der Waals surface area (Å²) in [4.78, 5) is 35.7. The zero-order chi connectivity index (χ0) is 24.2. The lowest BCUT2D eigenvalue weighted by atomic mass is 10.2. The molecule has 10 heteroatoms. The summed E-state index contributed by atoms with van der Waals surface area (Å²) >= 11 is 6.33. The van der Waals surface area contributed by atoms with Crippen LogP contribution in [0.2, 0.25) is 5.02 Å². The summed E-state index contributed by atoms with van der Waals surface area (Å²) in [7, 11) is 0. The molecule has 1 atom stereocenters. The normalized spacial score (nSPS) is 11.5. The maximum Gasteiger partial charge on any atom is 0.329 e. The molecular weight excluding hydrogens is 448 g/mol. The van der Waals surface area contributed by atoms with E-state index in [1.807, 2.05) is 13.0 Å². The zero-order valence-electron chi connectivity index (χ0n) is 18.7. The number of halogens is 1. The Labute approximate surface area is 197 Å². The fourth-order valence-electron chi connectivity index (χ4n) is 2.53. The van der Waals surface area contributed by atoms with Gasteiger partial charge in [-0.1, -0.05) is 36.7 Å². The van der Waals surface area contributed by atoms with E-state index in [0.29, 0.717) is 30.0 Å². The quantitative estimate of drug-likeness (QED) is 0.278. The maximum atomic E-state index is 12.2. The highest BCUT2D eigenvalue weighted by molar-refractivity contribution is 6.35. The van der Waals surface area contributed by atoms with E-state index in [-0.39, 0.29) is 29.3 Å². The standard InChI is InChI=1S/C23H27ClN4O5/c1-4-15(3)26-22(30)23(31)28-25-13-16-11-18(24)21(19(12-16)32-5-2)33-14-20(29)27-17-9-7-6-8-10-17/h6-13,15H,4-5,14H2,1-3H3,(H,26,30)(H,27,29)(H,28,31)/b25-13-/t15-/m1/s1. The summed E-state index contributed by atoms with van der Waals surface area (Å²) in [6, 6.07) is 12.0. The molecule has 0 saturated carbocycles. The van der Waals surface area contributed by atoms with Crippen molar-refractivity contribution in [2.75, 3.05) is 18.5 Å². The van der Waals surface area contributed by atoms with Crippen LogP contribution in [0.5, 0.6) is 11.5 Å². The molecule has 33 heavy (non-hydrogen) atoms. The van der Waals surface area contributed by atoms with Crippen molar-refractivity contribution < 1.29 is 23.9 Å². The number of amides is 3. The number of benzene rings is 2. The fourth-order valence-corrected chi connectivity index (χ4v) is 2.80. The Hall–Kier alpha value is -3.59. The monoisotopic (exact) mass is 474 g/mol. The van der Waals surface area contributed by atoms with Crippen molar-refractivity contribution >= 4 is 41.2 Å². The van der Waals surface area contributed by atoms with Gasteiger partial charge in [0.25, 0.3) is 5.91 Å². The van der Waals surface area contributed by atoms with Gasteiger partial charge in [0.05, 0.1) is 17.8 Å². The highest BCUT2D eigenvalue weighted by Gasteiger charge is 2.16. The minimum absolute atomic E-state index is 0.123. The highest BCUT2D eigenvalue weighted by Crippen LogP contribution is 2.36. The molecule has 0 heterocycles. The summed E-state index contributed by atoms with van der Waals surface area (Å²) in [5.74, 6) is -1.50. The second-order valence-electron chi connectivity index (χ2n) is 6.95. The number of nitrogens with one attached hydrogen (secondary N) is 3. The Morgan fingerprint density at radius 2 is 1.82 bits per heavy atom. The molecule has 2 aromatic carbocycles. The van der Waals surface area contributed by atoms with Gasteiger partial charge in [0.2, 0.25) is 0 Å². The average Bonchev–Trinajstić information content (AvgIpc) is 2.79. The van der Waals surface area contributed by atoms with E-state index < -0.39 is 11.8 Å². The van der Waals surface area contributed by atoms with Crippen LogP contribution in [0.1, 0.15) is 32.8 Å². The molecule has 176 valence electrons. The Balaban J connectivity index is 2.03. The number of anilines is 1. The maximum absolute atomic E-state index is 12.2. The molecule has 0 radical (unpaired) electrons. The predicted molar refractivity (Wildman–Crippen MR) is 127 cm³/mol. The molecule has 3 N–H and O–H groups in total. The van der Waals surface area contributed by atoms with Crippen molar-refractivity contribution in [1.82, 2.24) is 10.7 Å². The smallest absolute Gasteiger partial charge is 0.329 e. The van der Waals surface area contributed by atoms with Gasteiger partial charge in [0.1, 0.15) is 0 Å². The third-order valence-corrected chi connectivity index (χ3v) is 4.59. The number of hydrogen-bond donors (Lipinski definition) is 3. The number of carbonyl (C=O) groups excluding carboxylic acids is 3. The Morgan fingerprint density at radius 3 is 2.48 bits per heavy atom. The minimum Gasteiger partial charge on any atom is -0.490 e. The first-order valence-electron chi connectivity index (χ1n) is 10.4. The van der Waals surface area contributed by atoms with Crippen molar-refractivity contribution in [2.45, 2.75) is 33.2 Å². The second-order valence-corrected chi connectivity index (χ2v) is 7.35. The first-order valence-corrected chi connectivity index (χ1v) is 10.8. The van der Waals surface area contributed by atoms with E-state index in [9.17, 15) is 14.4 Å². The summed E-state index contributed by atoms with van der Waals surface area (Å²) in [6.07, 6.45) is 2.01. The predicted octanol–water partition coefficient (Wildman–Crippen LogP) is 3.12. The highest BCUT2D eigenvalue weighted by atomic mass is 35.5. The largest absolute Gasteiger partial charge is 0.490 e. The Kier molecular flexibility index (Phi) is 10.2. The van der Waals surface area contributed by atoms with Crippen LogP contribution in [0.25, 0.3) is 0 Å². The van der Waals surface area contributed by atoms with Crippen LogP contribution in [0.3, 0.4) is 0 Å². The third kappa shape index (κ3) is 8.46. The van der Waals surface area contributed by atoms with E-state index in [1.165, 1.54) is 12.3 Å². The van der Waals surface area contributed by atoms with Gasteiger partial charge in [-0.25, -0.2) is 5.43 Å². The summed E-state index contributed by atoms with van der Waals surface area (Å²) in [6.45, 7) is 5.53. The van der Waals surface area contributed by atoms with Gasteiger partial charge in [-0.3, -0.25) is 14.4 Å². The molecule has 2 rings (SSSR count). The molecule has 0 aliphatic carbocycles. The molecule has 0 spiro atoms. The first kappa shape index (κ1) is 25.7. The second kappa shape index (κ2) is 13.1. The number of ether oxygens (including phenoxy) is 2.